The highest BCUT2D eigenvalue weighted by Crippen LogP contribution is 2.48. The molecule has 2 aliphatic rings. The van der Waals surface area contributed by atoms with Crippen LogP contribution in [-0.4, -0.2) is 39.4 Å². The van der Waals surface area contributed by atoms with Gasteiger partial charge in [-0.25, -0.2) is 0 Å². The smallest absolute Gasteiger partial charge is 0.303 e. The molecule has 0 N–H and O–H groups in total. The molecule has 1 aromatic rings. The molecule has 6 heteroatoms. The van der Waals surface area contributed by atoms with Crippen LogP contribution in [0.15, 0.2) is 30.3 Å². The molecule has 0 bridgehead atoms. The predicted octanol–water partition coefficient (Wildman–Crippen LogP) is 0.766. The predicted molar refractivity (Wildman–Crippen MR) is 73.0 cm³/mol. The number of β-lactam (4-membered cyclic amide) rings is 1. The summed E-state index contributed by atoms with van der Waals surface area (Å²) in [7, 11) is -1.28. The maximum atomic E-state index is 12.6. The lowest BCUT2D eigenvalue weighted by Crippen LogP contribution is -2.76. The Kier molecular flexibility index (Phi) is 3.12. The van der Waals surface area contributed by atoms with Crippen LogP contribution in [0, 0.1) is 0 Å². The van der Waals surface area contributed by atoms with E-state index in [0.29, 0.717) is 18.7 Å². The van der Waals surface area contributed by atoms with Gasteiger partial charge in [0.15, 0.2) is 4.87 Å². The van der Waals surface area contributed by atoms with E-state index < -0.39 is 27.7 Å². The van der Waals surface area contributed by atoms with Gasteiger partial charge in [-0.2, -0.15) is 0 Å². The van der Waals surface area contributed by atoms with Crippen LogP contribution in [0.3, 0.4) is 0 Å². The second-order valence-corrected chi connectivity index (χ2v) is 6.67. The summed E-state index contributed by atoms with van der Waals surface area (Å²) in [5.74, 6) is -0.269. The maximum Gasteiger partial charge on any atom is 0.303 e. The second-order valence-electron chi connectivity index (χ2n) is 4.95. The van der Waals surface area contributed by atoms with Crippen molar-refractivity contribution in [2.45, 2.75) is 24.3 Å². The number of hydrogen-bond acceptors (Lipinski definition) is 4. The van der Waals surface area contributed by atoms with Crippen LogP contribution in [0.1, 0.15) is 18.9 Å². The van der Waals surface area contributed by atoms with Crippen molar-refractivity contribution >= 4 is 22.7 Å². The molecule has 2 aliphatic heterocycles. The zero-order valence-corrected chi connectivity index (χ0v) is 11.9. The van der Waals surface area contributed by atoms with Crippen LogP contribution in [0.25, 0.3) is 0 Å². The Morgan fingerprint density at radius 3 is 2.75 bits per heavy atom. The molecular weight excluding hydrogens is 278 g/mol. The summed E-state index contributed by atoms with van der Waals surface area (Å²) < 4.78 is 17.8. The zero-order chi connectivity index (χ0) is 14.3. The van der Waals surface area contributed by atoms with Crippen LogP contribution in [0.5, 0.6) is 0 Å². The van der Waals surface area contributed by atoms with Crippen molar-refractivity contribution in [1.82, 2.24) is 4.90 Å². The van der Waals surface area contributed by atoms with E-state index in [-0.39, 0.29) is 5.91 Å². The molecule has 2 heterocycles. The monoisotopic (exact) mass is 293 g/mol. The van der Waals surface area contributed by atoms with Crippen LogP contribution >= 0.6 is 0 Å². The Morgan fingerprint density at radius 1 is 1.40 bits per heavy atom. The molecule has 20 heavy (non-hydrogen) atoms. The molecule has 3 rings (SSSR count). The van der Waals surface area contributed by atoms with E-state index in [1.165, 1.54) is 6.92 Å². The van der Waals surface area contributed by atoms with E-state index in [9.17, 15) is 13.8 Å². The first-order chi connectivity index (χ1) is 9.58. The molecule has 0 radical (unpaired) electrons. The normalized spacial score (nSPS) is 32.2. The molecule has 2 fully saturated rings. The van der Waals surface area contributed by atoms with Crippen molar-refractivity contribution in [2.24, 2.45) is 0 Å². The topological polar surface area (TPSA) is 63.7 Å². The first-order valence-corrected chi connectivity index (χ1v) is 7.83. The third-order valence-corrected chi connectivity index (χ3v) is 5.80. The Hall–Kier alpha value is -1.69. The number of hydrogen-bond donors (Lipinski definition) is 0. The molecule has 2 saturated heterocycles. The van der Waals surface area contributed by atoms with Gasteiger partial charge in [0, 0.05) is 19.2 Å². The minimum Gasteiger partial charge on any atom is -0.448 e. The minimum absolute atomic E-state index is 0.253. The number of esters is 1. The molecule has 1 aromatic carbocycles. The van der Waals surface area contributed by atoms with Gasteiger partial charge < -0.3 is 9.64 Å². The molecule has 0 aromatic heterocycles. The fraction of sp³-hybridized carbons (Fsp3) is 0.429. The van der Waals surface area contributed by atoms with Crippen molar-refractivity contribution in [2.75, 3.05) is 12.3 Å². The van der Waals surface area contributed by atoms with Crippen molar-refractivity contribution in [3.8, 4) is 0 Å². The van der Waals surface area contributed by atoms with Crippen LogP contribution in [-0.2, 0) is 30.0 Å². The Bertz CT molecular complexity index is 588. The molecule has 5 nitrogen and oxygen atoms in total. The number of benzene rings is 1. The van der Waals surface area contributed by atoms with Crippen molar-refractivity contribution in [3.63, 3.8) is 0 Å². The van der Waals surface area contributed by atoms with Crippen molar-refractivity contribution < 1.29 is 18.5 Å². The van der Waals surface area contributed by atoms with E-state index >= 15 is 0 Å². The van der Waals surface area contributed by atoms with Crippen molar-refractivity contribution in [3.05, 3.63) is 35.9 Å². The standard InChI is InChI=1S/C14H15NO4S/c1-10(16)19-12-13(17)15-8-5-9-20(18)14(12,15)11-6-3-2-4-7-11/h2-4,6-7,12H,5,8-9H2,1H3. The number of carbonyl (C=O) groups excluding carboxylic acids is 2. The maximum absolute atomic E-state index is 12.6. The number of amides is 1. The van der Waals surface area contributed by atoms with Crippen LogP contribution in [0.2, 0.25) is 0 Å². The first-order valence-electron chi connectivity index (χ1n) is 6.51. The summed E-state index contributed by atoms with van der Waals surface area (Å²) in [6, 6.07) is 9.19. The highest BCUT2D eigenvalue weighted by Gasteiger charge is 2.68. The van der Waals surface area contributed by atoms with Gasteiger partial charge in [-0.15, -0.1) is 0 Å². The Morgan fingerprint density at radius 2 is 2.10 bits per heavy atom. The van der Waals surface area contributed by atoms with Gasteiger partial charge in [-0.1, -0.05) is 30.3 Å². The number of nitrogens with zero attached hydrogens (tertiary/aromatic N) is 1. The lowest BCUT2D eigenvalue weighted by molar-refractivity contribution is -0.189. The van der Waals surface area contributed by atoms with Gasteiger partial charge in [-0.05, 0) is 12.0 Å². The highest BCUT2D eigenvalue weighted by molar-refractivity contribution is 7.86. The van der Waals surface area contributed by atoms with E-state index in [1.807, 2.05) is 30.3 Å². The van der Waals surface area contributed by atoms with Gasteiger partial charge in [0.25, 0.3) is 5.91 Å². The summed E-state index contributed by atoms with van der Waals surface area (Å²) in [6.45, 7) is 1.82. The number of carbonyl (C=O) groups is 2. The molecule has 106 valence electrons. The first kappa shape index (κ1) is 13.3. The average molecular weight is 293 g/mol. The molecule has 0 spiro atoms. The average Bonchev–Trinajstić information content (AvgIpc) is 2.45. The van der Waals surface area contributed by atoms with Gasteiger partial charge in [0.2, 0.25) is 6.10 Å². The highest BCUT2D eigenvalue weighted by atomic mass is 32.2. The minimum atomic E-state index is -1.28. The second kappa shape index (κ2) is 4.70. The third kappa shape index (κ3) is 1.64. The molecule has 0 aliphatic carbocycles. The van der Waals surface area contributed by atoms with E-state index in [2.05, 4.69) is 0 Å². The van der Waals surface area contributed by atoms with E-state index in [4.69, 9.17) is 4.74 Å². The van der Waals surface area contributed by atoms with Gasteiger partial charge in [0.05, 0.1) is 10.8 Å². The van der Waals surface area contributed by atoms with E-state index in [0.717, 1.165) is 5.56 Å². The molecular formula is C14H15NO4S. The van der Waals surface area contributed by atoms with Crippen LogP contribution < -0.4 is 0 Å². The number of rotatable bonds is 2. The lowest BCUT2D eigenvalue weighted by Gasteiger charge is -2.57. The fourth-order valence-electron chi connectivity index (χ4n) is 2.99. The summed E-state index contributed by atoms with van der Waals surface area (Å²) in [5, 5.41) is 0. The molecule has 3 atom stereocenters. The Labute approximate surface area is 119 Å². The number of ether oxygens (including phenoxy) is 1. The van der Waals surface area contributed by atoms with Crippen LogP contribution in [0.4, 0.5) is 0 Å². The Balaban J connectivity index is 2.10. The van der Waals surface area contributed by atoms with E-state index in [1.54, 1.807) is 4.90 Å². The summed E-state index contributed by atoms with van der Waals surface area (Å²) in [6.07, 6.45) is -0.261. The van der Waals surface area contributed by atoms with Gasteiger partial charge in [0.1, 0.15) is 0 Å². The number of fused-ring (bicyclic) bond motifs is 1. The SMILES string of the molecule is CC(=O)OC1C(=O)N2CCCS(=O)C12c1ccccc1. The van der Waals surface area contributed by atoms with Gasteiger partial charge in [-0.3, -0.25) is 13.8 Å². The van der Waals surface area contributed by atoms with Crippen molar-refractivity contribution in [1.29, 1.82) is 0 Å². The summed E-state index contributed by atoms with van der Waals surface area (Å²) in [4.78, 5) is 24.0. The fourth-order valence-corrected chi connectivity index (χ4v) is 4.90. The third-order valence-electron chi connectivity index (χ3n) is 3.78. The molecule has 0 saturated carbocycles. The molecule has 1 amide bonds. The largest absolute Gasteiger partial charge is 0.448 e. The lowest BCUT2D eigenvalue weighted by atomic mass is 9.89. The summed E-state index contributed by atoms with van der Waals surface area (Å²) in [5.41, 5.74) is 0.767. The van der Waals surface area contributed by atoms with Gasteiger partial charge >= 0.3 is 5.97 Å². The molecule has 3 unspecified atom stereocenters. The summed E-state index contributed by atoms with van der Waals surface area (Å²) >= 11 is 0. The zero-order valence-electron chi connectivity index (χ0n) is 11.1. The quantitative estimate of drug-likeness (QED) is 0.597.